The van der Waals surface area contributed by atoms with Gasteiger partial charge in [-0.2, -0.15) is 13.2 Å². The van der Waals surface area contributed by atoms with Crippen molar-refractivity contribution in [1.29, 1.82) is 0 Å². The molecule has 0 amide bonds. The lowest BCUT2D eigenvalue weighted by Crippen LogP contribution is -2.67. The van der Waals surface area contributed by atoms with Crippen LogP contribution in [0.1, 0.15) is 36.7 Å². The molecule has 3 rings (SSSR count). The van der Waals surface area contributed by atoms with E-state index in [-0.39, 0.29) is 11.3 Å². The molecule has 0 bridgehead atoms. The summed E-state index contributed by atoms with van der Waals surface area (Å²) in [5.74, 6) is -5.14. The Kier molecular flexibility index (Phi) is 8.96. The van der Waals surface area contributed by atoms with Crippen LogP contribution in [0.3, 0.4) is 0 Å². The largest absolute Gasteiger partial charge is 0.508 e. The third kappa shape index (κ3) is 6.36. The van der Waals surface area contributed by atoms with Crippen LogP contribution in [0.25, 0.3) is 0 Å². The van der Waals surface area contributed by atoms with Gasteiger partial charge < -0.3 is 44.1 Å². The maximum atomic E-state index is 14.3. The number of hydrogen-bond acceptors (Lipinski definition) is 11. The number of methoxy groups -OCH3 is 2. The number of aromatic nitrogens is 2. The predicted molar refractivity (Wildman–Crippen MR) is 120 cm³/mol. The van der Waals surface area contributed by atoms with Gasteiger partial charge in [0.2, 0.25) is 5.88 Å². The molecule has 1 fully saturated rings. The van der Waals surface area contributed by atoms with Gasteiger partial charge in [-0.1, -0.05) is 6.07 Å². The maximum Gasteiger partial charge on any atom is 0.508 e. The fourth-order valence-electron chi connectivity index (χ4n) is 3.93. The monoisotopic (exact) mass is 568 g/mol. The molecule has 0 radical (unpaired) electrons. The molecule has 0 aliphatic carbocycles. The Morgan fingerprint density at radius 3 is 2.41 bits per heavy atom. The average molecular weight is 568 g/mol. The van der Waals surface area contributed by atoms with E-state index in [4.69, 9.17) is 14.2 Å². The smallest absolute Gasteiger partial charge is 0.494 e. The van der Waals surface area contributed by atoms with Crippen LogP contribution in [0, 0.1) is 5.82 Å². The van der Waals surface area contributed by atoms with E-state index in [0.29, 0.717) is 4.68 Å². The second-order valence-electron chi connectivity index (χ2n) is 8.89. The molecule has 16 heteroatoms. The van der Waals surface area contributed by atoms with Gasteiger partial charge in [-0.3, -0.25) is 4.68 Å². The minimum absolute atomic E-state index is 0.0452. The summed E-state index contributed by atoms with van der Waals surface area (Å²) in [6, 6.07) is 2.57. The highest BCUT2D eigenvalue weighted by Crippen LogP contribution is 2.41. The van der Waals surface area contributed by atoms with Crippen LogP contribution in [0.5, 0.6) is 11.6 Å². The summed E-state index contributed by atoms with van der Waals surface area (Å²) in [6.07, 6.45) is -15.1. The minimum atomic E-state index is -5.00. The van der Waals surface area contributed by atoms with E-state index in [1.165, 1.54) is 33.1 Å². The normalized spacial score (nSPS) is 25.5. The maximum absolute atomic E-state index is 14.3. The molecule has 5 atom stereocenters. The van der Waals surface area contributed by atoms with Gasteiger partial charge in [-0.15, -0.1) is 5.10 Å². The Hall–Kier alpha value is -3.18. The number of carbonyl (C=O) groups excluding carboxylic acids is 1. The van der Waals surface area contributed by atoms with Crippen LogP contribution in [0.4, 0.5) is 22.4 Å². The van der Waals surface area contributed by atoms with Crippen molar-refractivity contribution in [2.75, 3.05) is 20.8 Å². The average Bonchev–Trinajstić information content (AvgIpc) is 3.22. The van der Waals surface area contributed by atoms with Crippen LogP contribution in [-0.2, 0) is 26.8 Å². The Morgan fingerprint density at radius 2 is 1.87 bits per heavy atom. The van der Waals surface area contributed by atoms with Gasteiger partial charge in [0.05, 0.1) is 19.8 Å². The molecule has 0 spiro atoms. The number of halogens is 4. The summed E-state index contributed by atoms with van der Waals surface area (Å²) >= 11 is 0. The van der Waals surface area contributed by atoms with Crippen molar-refractivity contribution in [3.8, 4) is 11.6 Å². The number of hydrogen-bond donors (Lipinski definition) is 4. The van der Waals surface area contributed by atoms with Crippen LogP contribution in [-0.4, -0.2) is 87.6 Å². The molecule has 1 aromatic heterocycles. The molecule has 0 unspecified atom stereocenters. The second-order valence-corrected chi connectivity index (χ2v) is 8.89. The highest BCUT2D eigenvalue weighted by Gasteiger charge is 2.56. The van der Waals surface area contributed by atoms with Gasteiger partial charge in [0.25, 0.3) is 0 Å². The SMILES string of the molecule is COC(=O)OC[C@H]1O[C@@](O)(Oc2nn(C(C)C)c(C(F)(F)F)c2Cc2ccc(OC)c(F)c2)[C@H](O)[C@@H](O)[C@@H]1O. The first kappa shape index (κ1) is 30.4. The molecule has 2 aromatic rings. The lowest BCUT2D eigenvalue weighted by Gasteiger charge is -2.44. The van der Waals surface area contributed by atoms with Crippen molar-refractivity contribution in [2.45, 2.75) is 62.9 Å². The van der Waals surface area contributed by atoms with E-state index in [1.54, 1.807) is 0 Å². The number of rotatable bonds is 8. The zero-order chi connectivity index (χ0) is 29.3. The predicted octanol–water partition coefficient (Wildman–Crippen LogP) is 1.51. The number of aliphatic hydroxyl groups excluding tert-OH is 3. The molecule has 4 N–H and O–H groups in total. The van der Waals surface area contributed by atoms with E-state index < -0.39 is 84.7 Å². The van der Waals surface area contributed by atoms with E-state index in [9.17, 15) is 42.8 Å². The number of nitrogens with zero attached hydrogens (tertiary/aromatic N) is 2. The van der Waals surface area contributed by atoms with Crippen molar-refractivity contribution in [3.63, 3.8) is 0 Å². The summed E-state index contributed by atoms with van der Waals surface area (Å²) < 4.78 is 81.7. The molecule has 1 aromatic carbocycles. The molecule has 1 aliphatic rings. The molecule has 218 valence electrons. The van der Waals surface area contributed by atoms with Gasteiger partial charge >= 0.3 is 18.3 Å². The van der Waals surface area contributed by atoms with E-state index in [0.717, 1.165) is 13.2 Å². The van der Waals surface area contributed by atoms with E-state index in [2.05, 4.69) is 14.6 Å². The Balaban J connectivity index is 2.07. The first-order valence-corrected chi connectivity index (χ1v) is 11.5. The summed E-state index contributed by atoms with van der Waals surface area (Å²) in [4.78, 5) is 11.3. The number of aliphatic hydroxyl groups is 4. The Bertz CT molecular complexity index is 1170. The number of carbonyl (C=O) groups is 1. The van der Waals surface area contributed by atoms with Crippen molar-refractivity contribution in [3.05, 3.63) is 40.8 Å². The van der Waals surface area contributed by atoms with Crippen molar-refractivity contribution >= 4 is 6.16 Å². The lowest BCUT2D eigenvalue weighted by molar-refractivity contribution is -0.423. The van der Waals surface area contributed by atoms with Crippen LogP contribution >= 0.6 is 0 Å². The summed E-state index contributed by atoms with van der Waals surface area (Å²) in [5, 5.41) is 45.7. The first-order valence-electron chi connectivity index (χ1n) is 11.5. The molecule has 1 saturated heterocycles. The molecule has 0 saturated carbocycles. The van der Waals surface area contributed by atoms with Gasteiger partial charge in [0, 0.05) is 12.5 Å². The summed E-state index contributed by atoms with van der Waals surface area (Å²) in [7, 11) is 2.20. The molecular formula is C23H28F4N2O10. The molecular weight excluding hydrogens is 540 g/mol. The highest BCUT2D eigenvalue weighted by atomic mass is 19.4. The Labute approximate surface area is 219 Å². The second kappa shape index (κ2) is 11.5. The number of alkyl halides is 3. The number of ether oxygens (including phenoxy) is 5. The van der Waals surface area contributed by atoms with Gasteiger partial charge in [-0.25, -0.2) is 9.18 Å². The highest BCUT2D eigenvalue weighted by molar-refractivity contribution is 5.59. The zero-order valence-electron chi connectivity index (χ0n) is 21.2. The van der Waals surface area contributed by atoms with E-state index >= 15 is 0 Å². The third-order valence-electron chi connectivity index (χ3n) is 5.85. The fourth-order valence-corrected chi connectivity index (χ4v) is 3.93. The summed E-state index contributed by atoms with van der Waals surface area (Å²) in [5.41, 5.74) is -1.90. The molecule has 12 nitrogen and oxygen atoms in total. The molecule has 1 aliphatic heterocycles. The minimum Gasteiger partial charge on any atom is -0.494 e. The quantitative estimate of drug-likeness (QED) is 0.208. The Morgan fingerprint density at radius 1 is 1.21 bits per heavy atom. The topological polar surface area (TPSA) is 162 Å². The molecule has 39 heavy (non-hydrogen) atoms. The number of benzene rings is 1. The van der Waals surface area contributed by atoms with Crippen molar-refractivity contribution in [1.82, 2.24) is 9.78 Å². The van der Waals surface area contributed by atoms with Crippen LogP contribution < -0.4 is 9.47 Å². The van der Waals surface area contributed by atoms with Gasteiger partial charge in [-0.05, 0) is 31.5 Å². The molecule has 2 heterocycles. The standard InChI is InChI=1S/C23H28F4N2O10/c1-10(2)29-18(22(25,26)27)12(7-11-5-6-14(35-3)13(24)8-11)20(28-29)39-23(34)19(32)17(31)16(30)15(38-23)9-37-21(33)36-4/h5-6,8,10,15-17,19,30-32,34H,7,9H2,1-4H3/t15-,16-,17+,19-,23-/m1/s1. The third-order valence-corrected chi connectivity index (χ3v) is 5.85. The zero-order valence-corrected chi connectivity index (χ0v) is 21.2. The van der Waals surface area contributed by atoms with Crippen LogP contribution in [0.2, 0.25) is 0 Å². The van der Waals surface area contributed by atoms with Gasteiger partial charge in [0.15, 0.2) is 17.7 Å². The van der Waals surface area contributed by atoms with Crippen LogP contribution in [0.15, 0.2) is 18.2 Å². The first-order chi connectivity index (χ1) is 18.1. The van der Waals surface area contributed by atoms with Crippen molar-refractivity contribution < 1.29 is 66.5 Å². The summed E-state index contributed by atoms with van der Waals surface area (Å²) in [6.45, 7) is 1.98. The van der Waals surface area contributed by atoms with Gasteiger partial charge in [0.1, 0.15) is 30.6 Å². The fraction of sp³-hybridized carbons (Fsp3) is 0.565. The lowest BCUT2D eigenvalue weighted by atomic mass is 9.97. The van der Waals surface area contributed by atoms with Crippen molar-refractivity contribution in [2.24, 2.45) is 0 Å². The van der Waals surface area contributed by atoms with E-state index in [1.807, 2.05) is 0 Å².